The maximum Gasteiger partial charge on any atom is 0.123 e. The molecular formula is C15H17NO2. The van der Waals surface area contributed by atoms with Crippen molar-refractivity contribution >= 4 is 0 Å². The summed E-state index contributed by atoms with van der Waals surface area (Å²) in [4.78, 5) is 0. The van der Waals surface area contributed by atoms with E-state index in [0.29, 0.717) is 0 Å². The van der Waals surface area contributed by atoms with Crippen molar-refractivity contribution in [1.29, 1.82) is 0 Å². The molecule has 0 fully saturated rings. The lowest BCUT2D eigenvalue weighted by molar-refractivity contribution is 0.291. The van der Waals surface area contributed by atoms with Crippen molar-refractivity contribution in [2.45, 2.75) is 25.3 Å². The fraction of sp³-hybridized carbons (Fsp3) is 0.333. The summed E-state index contributed by atoms with van der Waals surface area (Å²) in [5.74, 6) is 0.975. The number of benzene rings is 1. The zero-order valence-electron chi connectivity index (χ0n) is 10.6. The summed E-state index contributed by atoms with van der Waals surface area (Å²) < 4.78 is 10.8. The summed E-state index contributed by atoms with van der Waals surface area (Å²) in [6.45, 7) is 5.10. The standard InChI is InChI=1S/C15H17NO2/c1-15(2)9-18-13-4-3-10(7-12(13)15)14(16)11-5-6-17-8-11/h3-8,14H,9,16H2,1-2H3. The molecular weight excluding hydrogens is 226 g/mol. The Bertz CT molecular complexity index is 558. The van der Waals surface area contributed by atoms with Crippen molar-refractivity contribution in [3.8, 4) is 5.75 Å². The molecule has 2 N–H and O–H groups in total. The van der Waals surface area contributed by atoms with E-state index in [1.165, 1.54) is 5.56 Å². The van der Waals surface area contributed by atoms with E-state index in [4.69, 9.17) is 14.9 Å². The molecule has 2 heterocycles. The van der Waals surface area contributed by atoms with E-state index in [9.17, 15) is 0 Å². The zero-order valence-corrected chi connectivity index (χ0v) is 10.6. The van der Waals surface area contributed by atoms with Crippen molar-refractivity contribution in [2.75, 3.05) is 6.61 Å². The van der Waals surface area contributed by atoms with Crippen LogP contribution in [0.2, 0.25) is 0 Å². The van der Waals surface area contributed by atoms with Crippen LogP contribution >= 0.6 is 0 Å². The van der Waals surface area contributed by atoms with Crippen molar-refractivity contribution in [3.63, 3.8) is 0 Å². The first kappa shape index (κ1) is 11.4. The van der Waals surface area contributed by atoms with Gasteiger partial charge in [-0.25, -0.2) is 0 Å². The molecule has 1 unspecified atom stereocenters. The number of fused-ring (bicyclic) bond motifs is 1. The minimum absolute atomic E-state index is 0.0570. The summed E-state index contributed by atoms with van der Waals surface area (Å²) in [6, 6.07) is 7.95. The number of ether oxygens (including phenoxy) is 1. The Balaban J connectivity index is 2.00. The molecule has 0 spiro atoms. The van der Waals surface area contributed by atoms with Gasteiger partial charge in [0.15, 0.2) is 0 Å². The monoisotopic (exact) mass is 243 g/mol. The van der Waals surface area contributed by atoms with Gasteiger partial charge in [0.1, 0.15) is 5.75 Å². The molecule has 3 rings (SSSR count). The van der Waals surface area contributed by atoms with Gasteiger partial charge in [-0.1, -0.05) is 19.9 Å². The molecule has 3 nitrogen and oxygen atoms in total. The largest absolute Gasteiger partial charge is 0.492 e. The highest BCUT2D eigenvalue weighted by atomic mass is 16.5. The molecule has 1 aromatic heterocycles. The molecule has 3 heteroatoms. The molecule has 1 atom stereocenters. The topological polar surface area (TPSA) is 48.4 Å². The number of furan rings is 1. The third kappa shape index (κ3) is 1.71. The van der Waals surface area contributed by atoms with Gasteiger partial charge in [-0.3, -0.25) is 0 Å². The highest BCUT2D eigenvalue weighted by molar-refractivity contribution is 5.47. The molecule has 0 saturated heterocycles. The average Bonchev–Trinajstić information content (AvgIpc) is 2.97. The second kappa shape index (κ2) is 3.89. The fourth-order valence-electron chi connectivity index (χ4n) is 2.38. The van der Waals surface area contributed by atoms with Crippen LogP contribution in [0.25, 0.3) is 0 Å². The molecule has 0 bridgehead atoms. The Morgan fingerprint density at radius 2 is 2.06 bits per heavy atom. The first-order valence-electron chi connectivity index (χ1n) is 6.13. The first-order valence-corrected chi connectivity index (χ1v) is 6.13. The molecule has 2 aromatic rings. The number of hydrogen-bond acceptors (Lipinski definition) is 3. The van der Waals surface area contributed by atoms with E-state index in [-0.39, 0.29) is 11.5 Å². The van der Waals surface area contributed by atoms with Crippen LogP contribution in [0.15, 0.2) is 41.2 Å². The fourth-order valence-corrected chi connectivity index (χ4v) is 2.38. The normalized spacial score (nSPS) is 18.2. The van der Waals surface area contributed by atoms with E-state index >= 15 is 0 Å². The maximum atomic E-state index is 6.24. The van der Waals surface area contributed by atoms with Gasteiger partial charge in [0.05, 0.1) is 25.2 Å². The third-order valence-electron chi connectivity index (χ3n) is 3.58. The Labute approximate surface area is 107 Å². The van der Waals surface area contributed by atoms with Crippen molar-refractivity contribution in [1.82, 2.24) is 0 Å². The minimum Gasteiger partial charge on any atom is -0.492 e. The summed E-state index contributed by atoms with van der Waals surface area (Å²) in [6.07, 6.45) is 3.34. The Morgan fingerprint density at radius 1 is 1.22 bits per heavy atom. The van der Waals surface area contributed by atoms with Crippen LogP contribution < -0.4 is 10.5 Å². The highest BCUT2D eigenvalue weighted by Gasteiger charge is 2.32. The summed E-state index contributed by atoms with van der Waals surface area (Å²) in [5.41, 5.74) is 9.62. The van der Waals surface area contributed by atoms with Crippen LogP contribution in [-0.2, 0) is 5.41 Å². The SMILES string of the molecule is CC1(C)COc2ccc(C(N)c3ccoc3)cc21. The predicted molar refractivity (Wildman–Crippen MR) is 69.7 cm³/mol. The molecule has 0 amide bonds. The second-order valence-corrected chi connectivity index (χ2v) is 5.46. The van der Waals surface area contributed by atoms with Crippen LogP contribution in [-0.4, -0.2) is 6.61 Å². The predicted octanol–water partition coefficient (Wildman–Crippen LogP) is 3.00. The van der Waals surface area contributed by atoms with E-state index in [2.05, 4.69) is 19.9 Å². The van der Waals surface area contributed by atoms with Crippen LogP contribution in [0, 0.1) is 0 Å². The van der Waals surface area contributed by atoms with Gasteiger partial charge in [0.2, 0.25) is 0 Å². The van der Waals surface area contributed by atoms with Crippen molar-refractivity contribution in [3.05, 3.63) is 53.5 Å². The van der Waals surface area contributed by atoms with E-state index in [1.54, 1.807) is 12.5 Å². The lowest BCUT2D eigenvalue weighted by Crippen LogP contribution is -2.19. The number of hydrogen-bond donors (Lipinski definition) is 1. The molecule has 18 heavy (non-hydrogen) atoms. The first-order chi connectivity index (χ1) is 8.58. The number of nitrogens with two attached hydrogens (primary N) is 1. The van der Waals surface area contributed by atoms with Gasteiger partial charge in [-0.2, -0.15) is 0 Å². The van der Waals surface area contributed by atoms with Crippen LogP contribution in [0.4, 0.5) is 0 Å². The van der Waals surface area contributed by atoms with Crippen molar-refractivity contribution < 1.29 is 9.15 Å². The molecule has 0 saturated carbocycles. The smallest absolute Gasteiger partial charge is 0.123 e. The summed E-state index contributed by atoms with van der Waals surface area (Å²) in [7, 11) is 0. The Morgan fingerprint density at radius 3 is 2.78 bits per heavy atom. The zero-order chi connectivity index (χ0) is 12.8. The van der Waals surface area contributed by atoms with Gasteiger partial charge in [-0.15, -0.1) is 0 Å². The Kier molecular flexibility index (Phi) is 2.45. The molecule has 0 radical (unpaired) electrons. The van der Waals surface area contributed by atoms with E-state index < -0.39 is 0 Å². The molecule has 1 aliphatic heterocycles. The van der Waals surface area contributed by atoms with Gasteiger partial charge in [0.25, 0.3) is 0 Å². The van der Waals surface area contributed by atoms with Crippen LogP contribution in [0.3, 0.4) is 0 Å². The van der Waals surface area contributed by atoms with E-state index in [1.807, 2.05) is 18.2 Å². The summed E-state index contributed by atoms with van der Waals surface area (Å²) >= 11 is 0. The van der Waals surface area contributed by atoms with Gasteiger partial charge >= 0.3 is 0 Å². The average molecular weight is 243 g/mol. The van der Waals surface area contributed by atoms with Crippen molar-refractivity contribution in [2.24, 2.45) is 5.73 Å². The minimum atomic E-state index is -0.148. The van der Waals surface area contributed by atoms with Gasteiger partial charge in [-0.05, 0) is 23.8 Å². The molecule has 1 aliphatic rings. The molecule has 1 aromatic carbocycles. The van der Waals surface area contributed by atoms with E-state index in [0.717, 1.165) is 23.5 Å². The quantitative estimate of drug-likeness (QED) is 0.882. The van der Waals surface area contributed by atoms with Crippen LogP contribution in [0.1, 0.15) is 36.6 Å². The molecule has 94 valence electrons. The number of rotatable bonds is 2. The lowest BCUT2D eigenvalue weighted by atomic mass is 9.85. The van der Waals surface area contributed by atoms with Gasteiger partial charge in [0, 0.05) is 16.5 Å². The van der Waals surface area contributed by atoms with Gasteiger partial charge < -0.3 is 14.9 Å². The maximum absolute atomic E-state index is 6.24. The highest BCUT2D eigenvalue weighted by Crippen LogP contribution is 2.39. The second-order valence-electron chi connectivity index (χ2n) is 5.46. The molecule has 0 aliphatic carbocycles. The third-order valence-corrected chi connectivity index (χ3v) is 3.58. The summed E-state index contributed by atoms with van der Waals surface area (Å²) in [5, 5.41) is 0. The van der Waals surface area contributed by atoms with Crippen LogP contribution in [0.5, 0.6) is 5.75 Å². The lowest BCUT2D eigenvalue weighted by Gasteiger charge is -2.17. The Hall–Kier alpha value is -1.74.